The highest BCUT2D eigenvalue weighted by atomic mass is 16.3. The van der Waals surface area contributed by atoms with Crippen LogP contribution in [-0.2, 0) is 0 Å². The standard InChI is InChI=1S/C11H14O/c1-7-4-3-5-9-10(12)6-8(2)11(7)9/h3-5,8,10,12H,6H2,1-2H3/t8-,10+/m0/s1. The van der Waals surface area contributed by atoms with Gasteiger partial charge in [-0.2, -0.15) is 0 Å². The lowest BCUT2D eigenvalue weighted by molar-refractivity contribution is 0.174. The van der Waals surface area contributed by atoms with Gasteiger partial charge in [-0.1, -0.05) is 25.1 Å². The molecule has 1 aliphatic carbocycles. The smallest absolute Gasteiger partial charge is 0.0798 e. The van der Waals surface area contributed by atoms with Gasteiger partial charge in [0, 0.05) is 0 Å². The van der Waals surface area contributed by atoms with Crippen molar-refractivity contribution in [2.24, 2.45) is 0 Å². The summed E-state index contributed by atoms with van der Waals surface area (Å²) in [5, 5.41) is 9.68. The van der Waals surface area contributed by atoms with E-state index in [0.29, 0.717) is 5.92 Å². The largest absolute Gasteiger partial charge is 0.388 e. The van der Waals surface area contributed by atoms with Crippen molar-refractivity contribution < 1.29 is 5.11 Å². The Hall–Kier alpha value is -0.820. The van der Waals surface area contributed by atoms with Gasteiger partial charge in [0.15, 0.2) is 0 Å². The highest BCUT2D eigenvalue weighted by Crippen LogP contribution is 2.41. The van der Waals surface area contributed by atoms with Crippen LogP contribution in [0.25, 0.3) is 0 Å². The second-order valence-corrected chi connectivity index (χ2v) is 3.73. The molecule has 0 spiro atoms. The molecule has 0 aromatic heterocycles. The Morgan fingerprint density at radius 2 is 2.17 bits per heavy atom. The van der Waals surface area contributed by atoms with Crippen LogP contribution in [0.5, 0.6) is 0 Å². The zero-order valence-electron chi connectivity index (χ0n) is 7.54. The summed E-state index contributed by atoms with van der Waals surface area (Å²) in [6.45, 7) is 4.30. The molecular formula is C11H14O. The molecule has 0 heterocycles. The fourth-order valence-electron chi connectivity index (χ4n) is 2.25. The Bertz CT molecular complexity index is 304. The number of aliphatic hydroxyl groups is 1. The summed E-state index contributed by atoms with van der Waals surface area (Å²) < 4.78 is 0. The Balaban J connectivity index is 2.59. The molecule has 12 heavy (non-hydrogen) atoms. The maximum atomic E-state index is 9.68. The zero-order chi connectivity index (χ0) is 8.72. The van der Waals surface area contributed by atoms with Gasteiger partial charge in [0.25, 0.3) is 0 Å². The normalized spacial score (nSPS) is 27.2. The predicted octanol–water partition coefficient (Wildman–Crippen LogP) is 2.54. The van der Waals surface area contributed by atoms with Crippen molar-refractivity contribution in [3.63, 3.8) is 0 Å². The molecule has 1 aromatic rings. The van der Waals surface area contributed by atoms with Crippen LogP contribution >= 0.6 is 0 Å². The van der Waals surface area contributed by atoms with Crippen molar-refractivity contribution >= 4 is 0 Å². The van der Waals surface area contributed by atoms with E-state index in [0.717, 1.165) is 12.0 Å². The zero-order valence-corrected chi connectivity index (χ0v) is 7.54. The molecule has 1 heteroatoms. The molecule has 1 N–H and O–H groups in total. The molecule has 0 unspecified atom stereocenters. The second kappa shape index (κ2) is 2.60. The Morgan fingerprint density at radius 3 is 2.83 bits per heavy atom. The molecule has 0 amide bonds. The minimum atomic E-state index is -0.227. The highest BCUT2D eigenvalue weighted by molar-refractivity contribution is 5.42. The first kappa shape index (κ1) is 7.81. The molecule has 0 fully saturated rings. The maximum absolute atomic E-state index is 9.68. The van der Waals surface area contributed by atoms with Crippen molar-refractivity contribution in [2.75, 3.05) is 0 Å². The SMILES string of the molecule is Cc1cccc2c1[C@@H](C)C[C@H]2O. The van der Waals surface area contributed by atoms with Crippen molar-refractivity contribution in [3.8, 4) is 0 Å². The third-order valence-corrected chi connectivity index (χ3v) is 2.79. The summed E-state index contributed by atoms with van der Waals surface area (Å²) in [5.74, 6) is 0.524. The minimum Gasteiger partial charge on any atom is -0.388 e. The van der Waals surface area contributed by atoms with E-state index in [9.17, 15) is 5.11 Å². The van der Waals surface area contributed by atoms with Gasteiger partial charge in [-0.25, -0.2) is 0 Å². The van der Waals surface area contributed by atoms with Crippen molar-refractivity contribution in [2.45, 2.75) is 32.3 Å². The number of aliphatic hydroxyl groups excluding tert-OH is 1. The molecule has 1 nitrogen and oxygen atoms in total. The molecule has 1 aromatic carbocycles. The average Bonchev–Trinajstić information content (AvgIpc) is 2.29. The summed E-state index contributed by atoms with van der Waals surface area (Å²) in [7, 11) is 0. The summed E-state index contributed by atoms with van der Waals surface area (Å²) in [4.78, 5) is 0. The van der Waals surface area contributed by atoms with E-state index >= 15 is 0 Å². The molecular weight excluding hydrogens is 148 g/mol. The van der Waals surface area contributed by atoms with Crippen LogP contribution in [0.15, 0.2) is 18.2 Å². The first-order chi connectivity index (χ1) is 5.70. The lowest BCUT2D eigenvalue weighted by Gasteiger charge is -2.07. The topological polar surface area (TPSA) is 20.2 Å². The fourth-order valence-corrected chi connectivity index (χ4v) is 2.25. The van der Waals surface area contributed by atoms with Crippen LogP contribution in [0.4, 0.5) is 0 Å². The third-order valence-electron chi connectivity index (χ3n) is 2.79. The van der Waals surface area contributed by atoms with E-state index in [-0.39, 0.29) is 6.10 Å². The van der Waals surface area contributed by atoms with Gasteiger partial charge >= 0.3 is 0 Å². The van der Waals surface area contributed by atoms with Gasteiger partial charge in [0.05, 0.1) is 6.10 Å². The summed E-state index contributed by atoms with van der Waals surface area (Å²) in [6.07, 6.45) is 0.662. The lowest BCUT2D eigenvalue weighted by atomic mass is 9.98. The number of fused-ring (bicyclic) bond motifs is 1. The van der Waals surface area contributed by atoms with Gasteiger partial charge in [-0.3, -0.25) is 0 Å². The predicted molar refractivity (Wildman–Crippen MR) is 49.2 cm³/mol. The molecule has 0 saturated carbocycles. The van der Waals surface area contributed by atoms with E-state index in [4.69, 9.17) is 0 Å². The van der Waals surface area contributed by atoms with E-state index in [1.165, 1.54) is 11.1 Å². The molecule has 1 aliphatic rings. The van der Waals surface area contributed by atoms with Crippen molar-refractivity contribution in [1.82, 2.24) is 0 Å². The van der Waals surface area contributed by atoms with Gasteiger partial charge in [-0.15, -0.1) is 0 Å². The Labute approximate surface area is 73.0 Å². The van der Waals surface area contributed by atoms with Crippen LogP contribution in [-0.4, -0.2) is 5.11 Å². The molecule has 0 aliphatic heterocycles. The van der Waals surface area contributed by atoms with Gasteiger partial charge in [0.2, 0.25) is 0 Å². The first-order valence-electron chi connectivity index (χ1n) is 4.47. The minimum absolute atomic E-state index is 0.227. The van der Waals surface area contributed by atoms with Crippen LogP contribution in [0.2, 0.25) is 0 Å². The van der Waals surface area contributed by atoms with E-state index < -0.39 is 0 Å². The summed E-state index contributed by atoms with van der Waals surface area (Å²) >= 11 is 0. The average molecular weight is 162 g/mol. The number of benzene rings is 1. The molecule has 0 bridgehead atoms. The number of aryl methyl sites for hydroxylation is 1. The Morgan fingerprint density at radius 1 is 1.42 bits per heavy atom. The molecule has 2 rings (SSSR count). The maximum Gasteiger partial charge on any atom is 0.0798 e. The molecule has 64 valence electrons. The molecule has 0 radical (unpaired) electrons. The molecule has 0 saturated heterocycles. The highest BCUT2D eigenvalue weighted by Gasteiger charge is 2.27. The molecule has 2 atom stereocenters. The second-order valence-electron chi connectivity index (χ2n) is 3.73. The summed E-state index contributed by atoms with van der Waals surface area (Å²) in [5.41, 5.74) is 3.82. The number of hydrogen-bond acceptors (Lipinski definition) is 1. The van der Waals surface area contributed by atoms with E-state index in [1.807, 2.05) is 12.1 Å². The summed E-state index contributed by atoms with van der Waals surface area (Å²) in [6, 6.07) is 6.18. The third kappa shape index (κ3) is 0.969. The van der Waals surface area contributed by atoms with E-state index in [1.54, 1.807) is 0 Å². The van der Waals surface area contributed by atoms with Crippen LogP contribution in [0, 0.1) is 6.92 Å². The lowest BCUT2D eigenvalue weighted by Crippen LogP contribution is -1.91. The Kier molecular flexibility index (Phi) is 1.69. The van der Waals surface area contributed by atoms with Crippen LogP contribution < -0.4 is 0 Å². The van der Waals surface area contributed by atoms with Crippen molar-refractivity contribution in [1.29, 1.82) is 0 Å². The van der Waals surface area contributed by atoms with E-state index in [2.05, 4.69) is 19.9 Å². The number of hydrogen-bond donors (Lipinski definition) is 1. The van der Waals surface area contributed by atoms with Crippen molar-refractivity contribution in [3.05, 3.63) is 34.9 Å². The quantitative estimate of drug-likeness (QED) is 0.621. The fraction of sp³-hybridized carbons (Fsp3) is 0.455. The van der Waals surface area contributed by atoms with Gasteiger partial charge in [-0.05, 0) is 36.0 Å². The first-order valence-corrected chi connectivity index (χ1v) is 4.47. The van der Waals surface area contributed by atoms with Gasteiger partial charge in [0.1, 0.15) is 0 Å². The van der Waals surface area contributed by atoms with Gasteiger partial charge < -0.3 is 5.11 Å². The monoisotopic (exact) mass is 162 g/mol. The van der Waals surface area contributed by atoms with Crippen LogP contribution in [0.1, 0.15) is 42.1 Å². The van der Waals surface area contributed by atoms with Crippen LogP contribution in [0.3, 0.4) is 0 Å². The number of rotatable bonds is 0.